The molecule has 5 nitrogen and oxygen atoms in total. The van der Waals surface area contributed by atoms with Gasteiger partial charge in [0, 0.05) is 36.0 Å². The Bertz CT molecular complexity index is 1090. The van der Waals surface area contributed by atoms with Gasteiger partial charge in [0.15, 0.2) is 11.5 Å². The highest BCUT2D eigenvalue weighted by Crippen LogP contribution is 2.57. The molecule has 1 saturated carbocycles. The first-order valence-electron chi connectivity index (χ1n) is 9.28. The number of carbonyl (C=O) groups is 1. The molecule has 1 fully saturated rings. The number of carbonyl (C=O) groups excluding carboxylic acids is 1. The molecule has 3 aromatic rings. The van der Waals surface area contributed by atoms with Crippen molar-refractivity contribution >= 4 is 5.91 Å². The molecule has 0 radical (unpaired) electrons. The van der Waals surface area contributed by atoms with E-state index in [2.05, 4.69) is 15.4 Å². The van der Waals surface area contributed by atoms with Crippen molar-refractivity contribution in [1.82, 2.24) is 20.1 Å². The van der Waals surface area contributed by atoms with Crippen molar-refractivity contribution in [2.75, 3.05) is 0 Å². The maximum Gasteiger partial charge on any atom is 0.272 e. The minimum absolute atomic E-state index is 0.173. The monoisotopic (exact) mass is 380 g/mol. The molecule has 0 bridgehead atoms. The molecule has 2 aliphatic carbocycles. The zero-order valence-corrected chi connectivity index (χ0v) is 15.2. The van der Waals surface area contributed by atoms with Gasteiger partial charge in [-0.25, -0.2) is 13.5 Å². The summed E-state index contributed by atoms with van der Waals surface area (Å²) in [6.07, 6.45) is 3.52. The third kappa shape index (κ3) is 2.78. The van der Waals surface area contributed by atoms with Crippen LogP contribution in [0.5, 0.6) is 0 Å². The van der Waals surface area contributed by atoms with E-state index in [-0.39, 0.29) is 11.6 Å². The summed E-state index contributed by atoms with van der Waals surface area (Å²) >= 11 is 0. The molecule has 0 unspecified atom stereocenters. The third-order valence-electron chi connectivity index (χ3n) is 5.54. The van der Waals surface area contributed by atoms with Gasteiger partial charge in [0.25, 0.3) is 5.91 Å². The van der Waals surface area contributed by atoms with Gasteiger partial charge in [-0.2, -0.15) is 5.10 Å². The summed E-state index contributed by atoms with van der Waals surface area (Å²) < 4.78 is 29.1. The Morgan fingerprint density at radius 2 is 2.14 bits per heavy atom. The number of amides is 1. The summed E-state index contributed by atoms with van der Waals surface area (Å²) in [5, 5.41) is 7.30. The lowest BCUT2D eigenvalue weighted by Crippen LogP contribution is -2.24. The van der Waals surface area contributed by atoms with Crippen LogP contribution in [0.2, 0.25) is 0 Å². The topological polar surface area (TPSA) is 59.8 Å². The van der Waals surface area contributed by atoms with E-state index in [4.69, 9.17) is 0 Å². The van der Waals surface area contributed by atoms with Gasteiger partial charge in [0.1, 0.15) is 11.5 Å². The summed E-state index contributed by atoms with van der Waals surface area (Å²) in [7, 11) is 0. The van der Waals surface area contributed by atoms with Crippen LogP contribution in [-0.4, -0.2) is 20.7 Å². The summed E-state index contributed by atoms with van der Waals surface area (Å²) in [6, 6.07) is 7.21. The van der Waals surface area contributed by atoms with Gasteiger partial charge < -0.3 is 5.32 Å². The van der Waals surface area contributed by atoms with Crippen LogP contribution >= 0.6 is 0 Å². The number of nitrogens with zero attached hydrogens (tertiary/aromatic N) is 3. The van der Waals surface area contributed by atoms with Crippen LogP contribution in [0.4, 0.5) is 8.78 Å². The van der Waals surface area contributed by atoms with E-state index in [1.165, 1.54) is 16.8 Å². The number of hydrogen-bond acceptors (Lipinski definition) is 3. The molecule has 1 aromatic carbocycles. The van der Waals surface area contributed by atoms with E-state index in [0.29, 0.717) is 24.1 Å². The van der Waals surface area contributed by atoms with Crippen LogP contribution in [0.25, 0.3) is 5.69 Å². The molecule has 5 rings (SSSR count). The maximum absolute atomic E-state index is 14.3. The van der Waals surface area contributed by atoms with Crippen LogP contribution in [-0.2, 0) is 13.0 Å². The van der Waals surface area contributed by atoms with E-state index in [1.54, 1.807) is 6.20 Å². The van der Waals surface area contributed by atoms with Crippen molar-refractivity contribution in [2.24, 2.45) is 5.92 Å². The number of aryl methyl sites for hydroxylation is 1. The van der Waals surface area contributed by atoms with Gasteiger partial charge in [-0.3, -0.25) is 9.78 Å². The molecule has 2 aliphatic rings. The van der Waals surface area contributed by atoms with Gasteiger partial charge in [0.2, 0.25) is 0 Å². The average molecular weight is 380 g/mol. The number of nitrogens with one attached hydrogen (secondary N) is 1. The lowest BCUT2D eigenvalue weighted by atomic mass is 10.1. The fourth-order valence-corrected chi connectivity index (χ4v) is 4.00. The van der Waals surface area contributed by atoms with E-state index in [1.807, 2.05) is 19.1 Å². The molecule has 28 heavy (non-hydrogen) atoms. The Labute approximate surface area is 160 Å². The third-order valence-corrected chi connectivity index (χ3v) is 5.54. The molecule has 2 heterocycles. The minimum atomic E-state index is -0.688. The lowest BCUT2D eigenvalue weighted by molar-refractivity contribution is 0.0944. The minimum Gasteiger partial charge on any atom is -0.346 e. The molecule has 1 amide bonds. The van der Waals surface area contributed by atoms with Crippen molar-refractivity contribution in [2.45, 2.75) is 32.2 Å². The Balaban J connectivity index is 1.46. The molecule has 2 aromatic heterocycles. The SMILES string of the molecule is Cc1ccc(CNC(=O)c2nn(-c3ccc(F)cc3F)c3c2C[C@H]2C[C@@H]32)cn1. The van der Waals surface area contributed by atoms with Crippen LogP contribution in [0.3, 0.4) is 0 Å². The van der Waals surface area contributed by atoms with Crippen molar-refractivity contribution in [1.29, 1.82) is 0 Å². The second-order valence-corrected chi connectivity index (χ2v) is 7.52. The second kappa shape index (κ2) is 6.22. The number of benzene rings is 1. The molecule has 2 atom stereocenters. The smallest absolute Gasteiger partial charge is 0.272 e. The standard InChI is InChI=1S/C21H18F2N4O/c1-11-2-3-12(9-24-11)10-25-21(28)19-16-7-13-6-15(13)20(16)27(26-19)18-5-4-14(22)8-17(18)23/h2-5,8-9,13,15H,6-7,10H2,1H3,(H,25,28)/t13-,15-/m1/s1. The fourth-order valence-electron chi connectivity index (χ4n) is 4.00. The summed E-state index contributed by atoms with van der Waals surface area (Å²) in [4.78, 5) is 17.0. The van der Waals surface area contributed by atoms with E-state index in [9.17, 15) is 13.6 Å². The fraction of sp³-hybridized carbons (Fsp3) is 0.286. The van der Waals surface area contributed by atoms with Gasteiger partial charge in [-0.1, -0.05) is 6.07 Å². The van der Waals surface area contributed by atoms with E-state index < -0.39 is 11.6 Å². The van der Waals surface area contributed by atoms with Crippen LogP contribution < -0.4 is 5.32 Å². The van der Waals surface area contributed by atoms with Crippen molar-refractivity contribution in [3.05, 3.63) is 76.4 Å². The van der Waals surface area contributed by atoms with E-state index >= 15 is 0 Å². The summed E-state index contributed by atoms with van der Waals surface area (Å²) in [5.41, 5.74) is 4.06. The Morgan fingerprint density at radius 1 is 1.29 bits per heavy atom. The molecule has 142 valence electrons. The van der Waals surface area contributed by atoms with Gasteiger partial charge in [0.05, 0.1) is 5.69 Å². The highest BCUT2D eigenvalue weighted by Gasteiger charge is 2.50. The largest absolute Gasteiger partial charge is 0.346 e. The highest BCUT2D eigenvalue weighted by atomic mass is 19.1. The number of pyridine rings is 1. The number of halogens is 2. The number of rotatable bonds is 4. The second-order valence-electron chi connectivity index (χ2n) is 7.52. The zero-order valence-electron chi connectivity index (χ0n) is 15.2. The maximum atomic E-state index is 14.3. The molecular formula is C21H18F2N4O. The zero-order chi connectivity index (χ0) is 19.4. The van der Waals surface area contributed by atoms with Gasteiger partial charge in [-0.05, 0) is 49.4 Å². The predicted molar refractivity (Wildman–Crippen MR) is 98.2 cm³/mol. The Kier molecular flexibility index (Phi) is 3.79. The lowest BCUT2D eigenvalue weighted by Gasteiger charge is -2.07. The molecule has 0 aliphatic heterocycles. The first-order chi connectivity index (χ1) is 13.5. The normalized spacial score (nSPS) is 19.2. The molecule has 7 heteroatoms. The van der Waals surface area contributed by atoms with Crippen molar-refractivity contribution in [3.8, 4) is 5.69 Å². The van der Waals surface area contributed by atoms with E-state index in [0.717, 1.165) is 41.4 Å². The Hall–Kier alpha value is -3.09. The molecule has 1 N–H and O–H groups in total. The number of hydrogen-bond donors (Lipinski definition) is 1. The van der Waals surface area contributed by atoms with Crippen molar-refractivity contribution < 1.29 is 13.6 Å². The molecule has 0 saturated heterocycles. The number of fused-ring (bicyclic) bond motifs is 3. The summed E-state index contributed by atoms with van der Waals surface area (Å²) in [6.45, 7) is 2.24. The van der Waals surface area contributed by atoms with Gasteiger partial charge in [-0.15, -0.1) is 0 Å². The first-order valence-corrected chi connectivity index (χ1v) is 9.28. The van der Waals surface area contributed by atoms with Crippen molar-refractivity contribution in [3.63, 3.8) is 0 Å². The van der Waals surface area contributed by atoms with Crippen LogP contribution in [0, 0.1) is 24.5 Å². The van der Waals surface area contributed by atoms with Crippen LogP contribution in [0.1, 0.15) is 45.3 Å². The summed E-state index contributed by atoms with van der Waals surface area (Å²) in [5.74, 6) is -0.823. The first kappa shape index (κ1) is 17.0. The quantitative estimate of drug-likeness (QED) is 0.754. The molecule has 0 spiro atoms. The Morgan fingerprint density at radius 3 is 2.89 bits per heavy atom. The predicted octanol–water partition coefficient (Wildman–Crippen LogP) is 3.44. The van der Waals surface area contributed by atoms with Gasteiger partial charge >= 0.3 is 0 Å². The highest BCUT2D eigenvalue weighted by molar-refractivity contribution is 5.94. The van der Waals surface area contributed by atoms with Crippen LogP contribution in [0.15, 0.2) is 36.5 Å². The number of aromatic nitrogens is 3. The average Bonchev–Trinajstić information content (AvgIpc) is 3.17. The molecular weight excluding hydrogens is 362 g/mol.